The van der Waals surface area contributed by atoms with Gasteiger partial charge in [0, 0.05) is 30.6 Å². The molecule has 2 N–H and O–H groups in total. The summed E-state index contributed by atoms with van der Waals surface area (Å²) in [4.78, 5) is 20.9. The smallest absolute Gasteiger partial charge is 0.417 e. The van der Waals surface area contributed by atoms with Crippen LogP contribution < -0.4 is 15.4 Å². The molecule has 1 aliphatic heterocycles. The second-order valence-electron chi connectivity index (χ2n) is 7.40. The van der Waals surface area contributed by atoms with Crippen LogP contribution in [0, 0.1) is 11.3 Å². The van der Waals surface area contributed by atoms with E-state index < -0.39 is 23.2 Å². The van der Waals surface area contributed by atoms with Crippen molar-refractivity contribution >= 4 is 23.5 Å². The zero-order valence-corrected chi connectivity index (χ0v) is 18.1. The first-order valence-electron chi connectivity index (χ1n) is 10.4. The van der Waals surface area contributed by atoms with Crippen LogP contribution >= 0.6 is 0 Å². The number of anilines is 1. The maximum atomic E-state index is 13.1. The molecule has 3 aromatic rings. The van der Waals surface area contributed by atoms with Gasteiger partial charge < -0.3 is 15.4 Å². The van der Waals surface area contributed by atoms with Crippen molar-refractivity contribution in [2.45, 2.75) is 6.18 Å². The Labute approximate surface area is 198 Å². The molecule has 1 aliphatic rings. The molecule has 0 fully saturated rings. The van der Waals surface area contributed by atoms with E-state index in [-0.39, 0.29) is 5.69 Å². The number of benzene rings is 2. The number of amides is 1. The molecule has 35 heavy (non-hydrogen) atoms. The number of ether oxygens (including phenoxy) is 1. The molecular weight excluding hydrogens is 459 g/mol. The van der Waals surface area contributed by atoms with E-state index in [1.54, 1.807) is 42.6 Å². The van der Waals surface area contributed by atoms with Crippen molar-refractivity contribution in [3.05, 3.63) is 89.3 Å². The summed E-state index contributed by atoms with van der Waals surface area (Å²) in [6.45, 7) is 1.46. The molecule has 0 bridgehead atoms. The van der Waals surface area contributed by atoms with Crippen molar-refractivity contribution in [1.29, 1.82) is 5.26 Å². The van der Waals surface area contributed by atoms with Crippen molar-refractivity contribution in [3.63, 3.8) is 0 Å². The van der Waals surface area contributed by atoms with Crippen molar-refractivity contribution in [2.24, 2.45) is 4.99 Å². The Bertz CT molecular complexity index is 1360. The summed E-state index contributed by atoms with van der Waals surface area (Å²) in [6.07, 6.45) is -0.391. The van der Waals surface area contributed by atoms with Crippen LogP contribution in [-0.4, -0.2) is 29.8 Å². The maximum Gasteiger partial charge on any atom is 0.417 e. The van der Waals surface area contributed by atoms with Crippen LogP contribution in [0.3, 0.4) is 0 Å². The highest BCUT2D eigenvalue weighted by Crippen LogP contribution is 2.33. The normalized spacial score (nSPS) is 13.1. The molecule has 2 heterocycles. The van der Waals surface area contributed by atoms with Gasteiger partial charge in [-0.15, -0.1) is 0 Å². The van der Waals surface area contributed by atoms with Crippen LogP contribution in [0.2, 0.25) is 0 Å². The Morgan fingerprint density at radius 3 is 2.71 bits per heavy atom. The molecule has 176 valence electrons. The predicted octanol–water partition coefficient (Wildman–Crippen LogP) is 4.77. The molecule has 1 aromatic heterocycles. The molecule has 0 saturated carbocycles. The van der Waals surface area contributed by atoms with E-state index in [1.165, 1.54) is 24.3 Å². The molecule has 10 heteroatoms. The molecule has 0 radical (unpaired) electrons. The molecule has 4 rings (SSSR count). The van der Waals surface area contributed by atoms with Crippen LogP contribution in [0.1, 0.15) is 22.4 Å². The van der Waals surface area contributed by atoms with Gasteiger partial charge in [0.1, 0.15) is 23.0 Å². The zero-order chi connectivity index (χ0) is 24.8. The van der Waals surface area contributed by atoms with E-state index in [4.69, 9.17) is 10.00 Å². The number of halogens is 3. The lowest BCUT2D eigenvalue weighted by Crippen LogP contribution is -2.20. The number of alkyl halides is 3. The minimum Gasteiger partial charge on any atom is -0.457 e. The van der Waals surface area contributed by atoms with Crippen molar-refractivity contribution < 1.29 is 22.7 Å². The van der Waals surface area contributed by atoms with Gasteiger partial charge in [0.2, 0.25) is 5.91 Å². The number of nitrogens with one attached hydrogen (secondary N) is 2. The third kappa shape index (κ3) is 6.03. The van der Waals surface area contributed by atoms with Crippen molar-refractivity contribution in [2.75, 3.05) is 18.4 Å². The Balaban J connectivity index is 1.43. The van der Waals surface area contributed by atoms with Gasteiger partial charge in [-0.1, -0.05) is 12.1 Å². The Morgan fingerprint density at radius 2 is 1.97 bits per heavy atom. The Kier molecular flexibility index (Phi) is 6.78. The number of carbonyl (C=O) groups is 1. The highest BCUT2D eigenvalue weighted by Gasteiger charge is 2.33. The highest BCUT2D eigenvalue weighted by molar-refractivity contribution is 6.02. The highest BCUT2D eigenvalue weighted by atomic mass is 19.4. The molecule has 0 atom stereocenters. The van der Waals surface area contributed by atoms with Crippen LogP contribution in [-0.2, 0) is 11.0 Å². The van der Waals surface area contributed by atoms with Gasteiger partial charge >= 0.3 is 6.18 Å². The van der Waals surface area contributed by atoms with E-state index in [0.29, 0.717) is 35.1 Å². The monoisotopic (exact) mass is 477 g/mol. The molecule has 0 unspecified atom stereocenters. The first-order valence-corrected chi connectivity index (χ1v) is 10.4. The van der Waals surface area contributed by atoms with E-state index in [0.717, 1.165) is 18.7 Å². The number of nitrogens with zero attached hydrogens (tertiary/aromatic N) is 3. The molecule has 0 aliphatic carbocycles. The van der Waals surface area contributed by atoms with Crippen molar-refractivity contribution in [1.82, 2.24) is 10.3 Å². The number of amidine groups is 1. The van der Waals surface area contributed by atoms with Gasteiger partial charge in [-0.2, -0.15) is 18.4 Å². The summed E-state index contributed by atoms with van der Waals surface area (Å²) >= 11 is 0. The third-order valence-electron chi connectivity index (χ3n) is 4.88. The van der Waals surface area contributed by atoms with E-state index >= 15 is 0 Å². The van der Waals surface area contributed by atoms with E-state index in [9.17, 15) is 18.0 Å². The fourth-order valence-corrected chi connectivity index (χ4v) is 3.30. The summed E-state index contributed by atoms with van der Waals surface area (Å²) < 4.78 is 45.2. The van der Waals surface area contributed by atoms with Gasteiger partial charge in [-0.3, -0.25) is 14.8 Å². The van der Waals surface area contributed by atoms with Gasteiger partial charge in [-0.05, 0) is 48.0 Å². The fraction of sp³-hybridized carbons (Fsp3) is 0.120. The predicted molar refractivity (Wildman–Crippen MR) is 124 cm³/mol. The summed E-state index contributed by atoms with van der Waals surface area (Å²) in [6, 6.07) is 14.9. The average Bonchev–Trinajstić information content (AvgIpc) is 3.38. The molecule has 0 saturated heterocycles. The van der Waals surface area contributed by atoms with Crippen LogP contribution in [0.5, 0.6) is 11.5 Å². The molecule has 2 aromatic carbocycles. The quantitative estimate of drug-likeness (QED) is 0.499. The van der Waals surface area contributed by atoms with Crippen LogP contribution in [0.15, 0.2) is 71.9 Å². The number of hydrogen-bond donors (Lipinski definition) is 2. The average molecular weight is 477 g/mol. The van der Waals surface area contributed by atoms with Gasteiger partial charge in [-0.25, -0.2) is 0 Å². The van der Waals surface area contributed by atoms with Crippen LogP contribution in [0.25, 0.3) is 6.08 Å². The van der Waals surface area contributed by atoms with Gasteiger partial charge in [0.05, 0.1) is 23.7 Å². The summed E-state index contributed by atoms with van der Waals surface area (Å²) in [7, 11) is 0. The molecule has 1 amide bonds. The number of carbonyl (C=O) groups excluding carboxylic acids is 1. The van der Waals surface area contributed by atoms with E-state index in [1.807, 2.05) is 0 Å². The zero-order valence-electron chi connectivity index (χ0n) is 18.1. The second-order valence-corrected chi connectivity index (χ2v) is 7.40. The van der Waals surface area contributed by atoms with Gasteiger partial charge in [0.25, 0.3) is 0 Å². The lowest BCUT2D eigenvalue weighted by molar-refractivity contribution is -0.137. The van der Waals surface area contributed by atoms with E-state index in [2.05, 4.69) is 20.6 Å². The van der Waals surface area contributed by atoms with Gasteiger partial charge in [0.15, 0.2) is 0 Å². The SMILES string of the molecule is N#Cc1ccc(NC(=O)/C=C/c2cccc(Oc3ccnc(C4=NCCN4)c3)c2)cc1C(F)(F)F. The number of nitriles is 1. The maximum absolute atomic E-state index is 13.1. The molecular formula is C25H18F3N5O2. The number of pyridine rings is 1. The summed E-state index contributed by atoms with van der Waals surface area (Å²) in [5.41, 5.74) is -0.384. The minimum absolute atomic E-state index is 0.0714. The van der Waals surface area contributed by atoms with Crippen molar-refractivity contribution in [3.8, 4) is 17.6 Å². The third-order valence-corrected chi connectivity index (χ3v) is 4.88. The van der Waals surface area contributed by atoms with Crippen LogP contribution in [0.4, 0.5) is 18.9 Å². The molecule has 7 nitrogen and oxygen atoms in total. The number of aromatic nitrogens is 1. The standard InChI is InChI=1S/C25H18F3N5O2/c26-25(27,28)21-13-18(6-5-17(21)15-29)33-23(34)7-4-16-2-1-3-19(12-16)35-20-8-9-30-22(14-20)24-31-10-11-32-24/h1-9,12-14H,10-11H2,(H,31,32)(H,33,34)/b7-4+. The number of hydrogen-bond acceptors (Lipinski definition) is 6. The summed E-state index contributed by atoms with van der Waals surface area (Å²) in [5, 5.41) is 14.4. The number of rotatable bonds is 6. The largest absolute Gasteiger partial charge is 0.457 e. The molecule has 0 spiro atoms. The lowest BCUT2D eigenvalue weighted by atomic mass is 10.1. The summed E-state index contributed by atoms with van der Waals surface area (Å²) in [5.74, 6) is 1.17. The fourth-order valence-electron chi connectivity index (χ4n) is 3.30. The topological polar surface area (TPSA) is 99.4 Å². The second kappa shape index (κ2) is 10.1. The number of aliphatic imine (C=N–C) groups is 1. The Morgan fingerprint density at radius 1 is 1.14 bits per heavy atom. The Hall–Kier alpha value is -4.65. The minimum atomic E-state index is -4.71. The lowest BCUT2D eigenvalue weighted by Gasteiger charge is -2.11. The first kappa shape index (κ1) is 23.5. The first-order chi connectivity index (χ1) is 16.8.